The molecule has 1 atom stereocenters. The smallest absolute Gasteiger partial charge is 0.235 e. The van der Waals surface area contributed by atoms with Gasteiger partial charge in [-0.05, 0) is 23.6 Å². The maximum atomic E-state index is 12.9. The van der Waals surface area contributed by atoms with Crippen molar-refractivity contribution < 1.29 is 14.3 Å². The van der Waals surface area contributed by atoms with Gasteiger partial charge in [-0.15, -0.1) is 0 Å². The minimum absolute atomic E-state index is 0.0329. The first-order valence-corrected chi connectivity index (χ1v) is 7.22. The fourth-order valence-electron chi connectivity index (χ4n) is 2.15. The first-order valence-electron chi connectivity index (χ1n) is 7.22. The number of amides is 1. The Morgan fingerprint density at radius 2 is 2.00 bits per heavy atom. The number of nitrogens with zero attached hydrogens (tertiary/aromatic N) is 2. The van der Waals surface area contributed by atoms with E-state index in [0.717, 1.165) is 0 Å². The number of aliphatic hydroxyl groups excluding tert-OH is 1. The molecular formula is C16H22FN3O2. The number of carbonyl (C=O) groups excluding carboxylic acids is 1. The zero-order chi connectivity index (χ0) is 16.5. The molecule has 0 saturated heterocycles. The second-order valence-electron chi connectivity index (χ2n) is 5.59. The lowest BCUT2D eigenvalue weighted by atomic mass is 10.1. The quantitative estimate of drug-likeness (QED) is 0.713. The van der Waals surface area contributed by atoms with Crippen LogP contribution in [0.5, 0.6) is 0 Å². The van der Waals surface area contributed by atoms with Crippen molar-refractivity contribution >= 4 is 5.91 Å². The zero-order valence-corrected chi connectivity index (χ0v) is 12.9. The summed E-state index contributed by atoms with van der Waals surface area (Å²) in [6, 6.07) is 7.50. The standard InChI is InChI=1S/C16H22FN3O2/c1-12(2)9-20(11-16(22)19-8-7-18)10-15(21)13-3-5-14(17)6-4-13/h3-6,12,15,21H,8-11H2,1-2H3,(H,19,22). The predicted molar refractivity (Wildman–Crippen MR) is 81.3 cm³/mol. The Bertz CT molecular complexity index is 511. The third-order valence-corrected chi connectivity index (χ3v) is 3.04. The molecule has 0 spiro atoms. The molecule has 0 bridgehead atoms. The van der Waals surface area contributed by atoms with E-state index >= 15 is 0 Å². The Kier molecular flexibility index (Phi) is 7.50. The van der Waals surface area contributed by atoms with Crippen molar-refractivity contribution in [1.82, 2.24) is 10.2 Å². The van der Waals surface area contributed by atoms with Gasteiger partial charge in [0.15, 0.2) is 0 Å². The van der Waals surface area contributed by atoms with Crippen LogP contribution in [0.15, 0.2) is 24.3 Å². The van der Waals surface area contributed by atoms with Gasteiger partial charge in [0.25, 0.3) is 0 Å². The van der Waals surface area contributed by atoms with Crippen molar-refractivity contribution in [1.29, 1.82) is 5.26 Å². The van der Waals surface area contributed by atoms with Crippen molar-refractivity contribution in [2.24, 2.45) is 5.92 Å². The molecule has 0 aliphatic heterocycles. The fraction of sp³-hybridized carbons (Fsp3) is 0.500. The Hall–Kier alpha value is -1.97. The molecule has 0 aromatic heterocycles. The van der Waals surface area contributed by atoms with E-state index in [1.54, 1.807) is 0 Å². The molecule has 2 N–H and O–H groups in total. The van der Waals surface area contributed by atoms with E-state index in [4.69, 9.17) is 5.26 Å². The van der Waals surface area contributed by atoms with Crippen molar-refractivity contribution in [2.45, 2.75) is 20.0 Å². The zero-order valence-electron chi connectivity index (χ0n) is 12.9. The Labute approximate surface area is 130 Å². The summed E-state index contributed by atoms with van der Waals surface area (Å²) in [7, 11) is 0. The van der Waals surface area contributed by atoms with Crippen LogP contribution in [0.3, 0.4) is 0 Å². The van der Waals surface area contributed by atoms with Gasteiger partial charge >= 0.3 is 0 Å². The van der Waals surface area contributed by atoms with Crippen LogP contribution in [-0.4, -0.2) is 42.1 Å². The molecule has 1 amide bonds. The number of hydrogen-bond acceptors (Lipinski definition) is 4. The van der Waals surface area contributed by atoms with Crippen molar-refractivity contribution in [3.05, 3.63) is 35.6 Å². The highest BCUT2D eigenvalue weighted by molar-refractivity contribution is 5.78. The number of rotatable bonds is 8. The highest BCUT2D eigenvalue weighted by Gasteiger charge is 2.17. The van der Waals surface area contributed by atoms with Gasteiger partial charge in [0.05, 0.1) is 18.7 Å². The van der Waals surface area contributed by atoms with Gasteiger partial charge in [-0.1, -0.05) is 26.0 Å². The van der Waals surface area contributed by atoms with E-state index in [1.807, 2.05) is 24.8 Å². The van der Waals surface area contributed by atoms with Crippen LogP contribution < -0.4 is 5.32 Å². The topological polar surface area (TPSA) is 76.4 Å². The van der Waals surface area contributed by atoms with E-state index in [-0.39, 0.29) is 31.4 Å². The summed E-state index contributed by atoms with van der Waals surface area (Å²) < 4.78 is 12.9. The summed E-state index contributed by atoms with van der Waals surface area (Å²) in [5, 5.41) is 21.2. The Morgan fingerprint density at radius 3 is 2.55 bits per heavy atom. The normalized spacial score (nSPS) is 12.2. The summed E-state index contributed by atoms with van der Waals surface area (Å²) in [6.45, 7) is 5.02. The second-order valence-corrected chi connectivity index (χ2v) is 5.59. The SMILES string of the molecule is CC(C)CN(CC(=O)NCC#N)CC(O)c1ccc(F)cc1. The molecule has 120 valence electrons. The van der Waals surface area contributed by atoms with Crippen LogP contribution in [0.1, 0.15) is 25.5 Å². The average molecular weight is 307 g/mol. The van der Waals surface area contributed by atoms with Gasteiger partial charge in [0.2, 0.25) is 5.91 Å². The highest BCUT2D eigenvalue weighted by atomic mass is 19.1. The molecule has 0 radical (unpaired) electrons. The number of nitriles is 1. The molecule has 5 nitrogen and oxygen atoms in total. The van der Waals surface area contributed by atoms with E-state index in [9.17, 15) is 14.3 Å². The summed E-state index contributed by atoms with van der Waals surface area (Å²) in [6.07, 6.45) is -0.803. The molecule has 1 aromatic carbocycles. The van der Waals surface area contributed by atoms with Gasteiger partial charge in [-0.3, -0.25) is 9.69 Å². The Morgan fingerprint density at radius 1 is 1.36 bits per heavy atom. The van der Waals surface area contributed by atoms with Gasteiger partial charge in [-0.25, -0.2) is 4.39 Å². The van der Waals surface area contributed by atoms with Crippen LogP contribution in [0, 0.1) is 23.1 Å². The first-order chi connectivity index (χ1) is 10.4. The molecule has 1 rings (SSSR count). The number of benzene rings is 1. The second kappa shape index (κ2) is 9.13. The number of carbonyl (C=O) groups is 1. The summed E-state index contributed by atoms with van der Waals surface area (Å²) >= 11 is 0. The molecular weight excluding hydrogens is 285 g/mol. The van der Waals surface area contributed by atoms with Crippen LogP contribution in [0.25, 0.3) is 0 Å². The first kappa shape index (κ1) is 18.1. The number of halogens is 1. The van der Waals surface area contributed by atoms with Crippen molar-refractivity contribution in [3.8, 4) is 6.07 Å². The lowest BCUT2D eigenvalue weighted by molar-refractivity contribution is -0.122. The van der Waals surface area contributed by atoms with E-state index in [2.05, 4.69) is 5.32 Å². The van der Waals surface area contributed by atoms with E-state index in [1.165, 1.54) is 24.3 Å². The summed E-state index contributed by atoms with van der Waals surface area (Å²) in [5.41, 5.74) is 0.604. The molecule has 6 heteroatoms. The lowest BCUT2D eigenvalue weighted by Crippen LogP contribution is -2.41. The van der Waals surface area contributed by atoms with Gasteiger partial charge in [0.1, 0.15) is 12.4 Å². The molecule has 0 heterocycles. The van der Waals surface area contributed by atoms with E-state index in [0.29, 0.717) is 18.0 Å². The molecule has 22 heavy (non-hydrogen) atoms. The molecule has 1 aromatic rings. The molecule has 0 fully saturated rings. The van der Waals surface area contributed by atoms with Crippen LogP contribution in [-0.2, 0) is 4.79 Å². The molecule has 0 saturated carbocycles. The largest absolute Gasteiger partial charge is 0.387 e. The van der Waals surface area contributed by atoms with Gasteiger partial charge in [-0.2, -0.15) is 5.26 Å². The van der Waals surface area contributed by atoms with E-state index < -0.39 is 6.10 Å². The van der Waals surface area contributed by atoms with Crippen molar-refractivity contribution in [2.75, 3.05) is 26.2 Å². The molecule has 0 aliphatic rings. The monoisotopic (exact) mass is 307 g/mol. The minimum atomic E-state index is -0.803. The van der Waals surface area contributed by atoms with Gasteiger partial charge in [0, 0.05) is 13.1 Å². The highest BCUT2D eigenvalue weighted by Crippen LogP contribution is 2.15. The fourth-order valence-corrected chi connectivity index (χ4v) is 2.15. The average Bonchev–Trinajstić information content (AvgIpc) is 2.44. The number of hydrogen-bond donors (Lipinski definition) is 2. The number of nitrogens with one attached hydrogen (secondary N) is 1. The lowest BCUT2D eigenvalue weighted by Gasteiger charge is -2.26. The van der Waals surface area contributed by atoms with Crippen LogP contribution in [0.4, 0.5) is 4.39 Å². The third-order valence-electron chi connectivity index (χ3n) is 3.04. The maximum Gasteiger partial charge on any atom is 0.235 e. The van der Waals surface area contributed by atoms with Crippen LogP contribution in [0.2, 0.25) is 0 Å². The maximum absolute atomic E-state index is 12.9. The Balaban J connectivity index is 2.65. The predicted octanol–water partition coefficient (Wildman–Crippen LogP) is 1.46. The molecule has 0 aliphatic carbocycles. The number of aliphatic hydroxyl groups is 1. The minimum Gasteiger partial charge on any atom is -0.387 e. The van der Waals surface area contributed by atoms with Crippen LogP contribution >= 0.6 is 0 Å². The third kappa shape index (κ3) is 6.66. The summed E-state index contributed by atoms with van der Waals surface area (Å²) in [5.74, 6) is -0.288. The summed E-state index contributed by atoms with van der Waals surface area (Å²) in [4.78, 5) is 13.5. The molecule has 1 unspecified atom stereocenters. The van der Waals surface area contributed by atoms with Gasteiger partial charge < -0.3 is 10.4 Å². The van der Waals surface area contributed by atoms with Crippen molar-refractivity contribution in [3.63, 3.8) is 0 Å².